The molecule has 0 aliphatic carbocycles. The number of benzene rings is 1. The predicted octanol–water partition coefficient (Wildman–Crippen LogP) is 2.67. The van der Waals surface area contributed by atoms with Crippen LogP contribution >= 0.6 is 0 Å². The van der Waals surface area contributed by atoms with Gasteiger partial charge in [-0.2, -0.15) is 5.10 Å². The number of fused-ring (bicyclic) bond motifs is 1. The lowest BCUT2D eigenvalue weighted by atomic mass is 10.0. The number of hydrogen-bond donors (Lipinski definition) is 2. The van der Waals surface area contributed by atoms with Crippen LogP contribution in [0.2, 0.25) is 0 Å². The zero-order valence-electron chi connectivity index (χ0n) is 14.6. The quantitative estimate of drug-likeness (QED) is 0.875. The third-order valence-electron chi connectivity index (χ3n) is 3.97. The van der Waals surface area contributed by atoms with Crippen LogP contribution < -0.4 is 15.4 Å². The van der Waals surface area contributed by atoms with Gasteiger partial charge in [-0.3, -0.25) is 9.59 Å². The minimum absolute atomic E-state index is 0.0377. The molecule has 0 atom stereocenters. The number of carbonyl (C=O) groups excluding carboxylic acids is 2. The van der Waals surface area contributed by atoms with Crippen LogP contribution in [0, 0.1) is 6.92 Å². The number of amides is 2. The number of ether oxygens (including phenoxy) is 1. The molecule has 1 aromatic carbocycles. The number of para-hydroxylation sites is 1. The highest BCUT2D eigenvalue weighted by molar-refractivity contribution is 5.96. The Labute approximate surface area is 146 Å². The Bertz CT molecular complexity index is 811. The van der Waals surface area contributed by atoms with Gasteiger partial charge in [0.15, 0.2) is 6.61 Å². The van der Waals surface area contributed by atoms with E-state index >= 15 is 0 Å². The lowest BCUT2D eigenvalue weighted by Gasteiger charge is -2.20. The van der Waals surface area contributed by atoms with Crippen LogP contribution in [0.25, 0.3) is 0 Å². The molecule has 3 rings (SSSR count). The van der Waals surface area contributed by atoms with Crippen molar-refractivity contribution in [2.45, 2.75) is 39.7 Å². The molecule has 0 spiro atoms. The molecule has 0 bridgehead atoms. The van der Waals surface area contributed by atoms with Crippen molar-refractivity contribution in [1.82, 2.24) is 9.78 Å². The zero-order chi connectivity index (χ0) is 18.0. The van der Waals surface area contributed by atoms with E-state index in [1.165, 1.54) is 0 Å². The van der Waals surface area contributed by atoms with Gasteiger partial charge in [0.1, 0.15) is 11.6 Å². The number of anilines is 2. The molecule has 1 aliphatic rings. The number of nitrogens with zero attached hydrogens (tertiary/aromatic N) is 2. The molecule has 25 heavy (non-hydrogen) atoms. The minimum atomic E-state index is -0.276. The van der Waals surface area contributed by atoms with E-state index in [1.807, 2.05) is 39.0 Å². The van der Waals surface area contributed by atoms with E-state index < -0.39 is 0 Å². The van der Waals surface area contributed by atoms with Crippen molar-refractivity contribution in [1.29, 1.82) is 0 Å². The first kappa shape index (κ1) is 17.0. The van der Waals surface area contributed by atoms with E-state index in [1.54, 1.807) is 10.7 Å². The van der Waals surface area contributed by atoms with Crippen molar-refractivity contribution in [2.75, 3.05) is 17.2 Å². The zero-order valence-corrected chi connectivity index (χ0v) is 14.6. The van der Waals surface area contributed by atoms with Gasteiger partial charge in [-0.25, -0.2) is 4.68 Å². The number of aromatic nitrogens is 2. The van der Waals surface area contributed by atoms with E-state index in [4.69, 9.17) is 4.74 Å². The monoisotopic (exact) mass is 342 g/mol. The number of rotatable bonds is 5. The molecule has 2 heterocycles. The van der Waals surface area contributed by atoms with Gasteiger partial charge in [-0.15, -0.1) is 0 Å². The van der Waals surface area contributed by atoms with Crippen LogP contribution in [-0.4, -0.2) is 28.2 Å². The third-order valence-corrected chi connectivity index (χ3v) is 3.97. The smallest absolute Gasteiger partial charge is 0.263 e. The maximum atomic E-state index is 12.2. The van der Waals surface area contributed by atoms with E-state index in [9.17, 15) is 9.59 Å². The highest BCUT2D eigenvalue weighted by Gasteiger charge is 2.19. The molecule has 2 aromatic rings. The largest absolute Gasteiger partial charge is 0.482 e. The Morgan fingerprint density at radius 3 is 2.96 bits per heavy atom. The van der Waals surface area contributed by atoms with Gasteiger partial charge in [-0.05, 0) is 38.8 Å². The molecule has 7 nitrogen and oxygen atoms in total. The fraction of sp³-hybridized carbons (Fsp3) is 0.389. The predicted molar refractivity (Wildman–Crippen MR) is 94.9 cm³/mol. The standard InChI is InChI=1S/C18H22N4O3/c1-11(2)22-15(9-12(3)21-22)19-17(24)10-25-14-6-4-5-13-7-8-16(23)20-18(13)14/h4-6,9,11H,7-8,10H2,1-3H3,(H,19,24)(H,20,23). The van der Waals surface area contributed by atoms with Crippen molar-refractivity contribution in [3.63, 3.8) is 0 Å². The molecule has 0 unspecified atom stereocenters. The molecule has 2 N–H and O–H groups in total. The summed E-state index contributed by atoms with van der Waals surface area (Å²) in [5.74, 6) is 0.838. The van der Waals surface area contributed by atoms with Crippen LogP contribution in [0.4, 0.5) is 11.5 Å². The normalized spacial score (nSPS) is 13.4. The SMILES string of the molecule is Cc1cc(NC(=O)COc2cccc3c2NC(=O)CC3)n(C(C)C)n1. The summed E-state index contributed by atoms with van der Waals surface area (Å²) in [5.41, 5.74) is 2.52. The molecule has 0 saturated heterocycles. The van der Waals surface area contributed by atoms with Gasteiger partial charge >= 0.3 is 0 Å². The van der Waals surface area contributed by atoms with E-state index in [0.717, 1.165) is 11.3 Å². The van der Waals surface area contributed by atoms with Gasteiger partial charge in [0, 0.05) is 18.5 Å². The molecule has 1 aromatic heterocycles. The van der Waals surface area contributed by atoms with Crippen LogP contribution in [0.15, 0.2) is 24.3 Å². The van der Waals surface area contributed by atoms with Crippen LogP contribution in [0.5, 0.6) is 5.75 Å². The highest BCUT2D eigenvalue weighted by atomic mass is 16.5. The number of nitrogens with one attached hydrogen (secondary N) is 2. The molecule has 0 fully saturated rings. The van der Waals surface area contributed by atoms with Crippen LogP contribution in [0.3, 0.4) is 0 Å². The molecule has 2 amide bonds. The van der Waals surface area contributed by atoms with Gasteiger partial charge in [0.2, 0.25) is 5.91 Å². The fourth-order valence-electron chi connectivity index (χ4n) is 2.82. The summed E-state index contributed by atoms with van der Waals surface area (Å²) in [6.07, 6.45) is 1.15. The summed E-state index contributed by atoms with van der Waals surface area (Å²) < 4.78 is 7.40. The number of aryl methyl sites for hydroxylation is 2. The summed E-state index contributed by atoms with van der Waals surface area (Å²) in [4.78, 5) is 23.8. The van der Waals surface area contributed by atoms with Crippen molar-refractivity contribution < 1.29 is 14.3 Å². The molecular formula is C18H22N4O3. The average Bonchev–Trinajstić information content (AvgIpc) is 2.93. The lowest BCUT2D eigenvalue weighted by Crippen LogP contribution is -2.24. The highest BCUT2D eigenvalue weighted by Crippen LogP contribution is 2.32. The van der Waals surface area contributed by atoms with Gasteiger partial charge < -0.3 is 15.4 Å². The van der Waals surface area contributed by atoms with E-state index in [-0.39, 0.29) is 24.5 Å². The number of carbonyl (C=O) groups is 2. The van der Waals surface area contributed by atoms with Gasteiger partial charge in [0.05, 0.1) is 11.4 Å². The maximum absolute atomic E-state index is 12.2. The van der Waals surface area contributed by atoms with E-state index in [2.05, 4.69) is 15.7 Å². The summed E-state index contributed by atoms with van der Waals surface area (Å²) in [6.45, 7) is 5.73. The van der Waals surface area contributed by atoms with Crippen molar-refractivity contribution in [3.8, 4) is 5.75 Å². The Morgan fingerprint density at radius 1 is 1.40 bits per heavy atom. The Kier molecular flexibility index (Phi) is 4.74. The summed E-state index contributed by atoms with van der Waals surface area (Å²) in [7, 11) is 0. The summed E-state index contributed by atoms with van der Waals surface area (Å²) in [6, 6.07) is 7.52. The first-order valence-corrected chi connectivity index (χ1v) is 8.34. The lowest BCUT2D eigenvalue weighted by molar-refractivity contribution is -0.118. The van der Waals surface area contributed by atoms with Gasteiger partial charge in [-0.1, -0.05) is 12.1 Å². The minimum Gasteiger partial charge on any atom is -0.482 e. The van der Waals surface area contributed by atoms with Gasteiger partial charge in [0.25, 0.3) is 5.91 Å². The second-order valence-electron chi connectivity index (χ2n) is 6.38. The topological polar surface area (TPSA) is 85.3 Å². The Hall–Kier alpha value is -2.83. The maximum Gasteiger partial charge on any atom is 0.263 e. The molecule has 7 heteroatoms. The molecule has 1 aliphatic heterocycles. The molecular weight excluding hydrogens is 320 g/mol. The summed E-state index contributed by atoms with van der Waals surface area (Å²) in [5, 5.41) is 10.0. The molecule has 0 radical (unpaired) electrons. The second-order valence-corrected chi connectivity index (χ2v) is 6.38. The number of hydrogen-bond acceptors (Lipinski definition) is 4. The van der Waals surface area contributed by atoms with Crippen LogP contribution in [-0.2, 0) is 16.0 Å². The first-order valence-electron chi connectivity index (χ1n) is 8.34. The van der Waals surface area contributed by atoms with E-state index in [0.29, 0.717) is 30.1 Å². The third kappa shape index (κ3) is 3.81. The second kappa shape index (κ2) is 6.96. The Morgan fingerprint density at radius 2 is 2.20 bits per heavy atom. The fourth-order valence-corrected chi connectivity index (χ4v) is 2.82. The first-order chi connectivity index (χ1) is 11.9. The van der Waals surface area contributed by atoms with Crippen molar-refractivity contribution in [2.24, 2.45) is 0 Å². The van der Waals surface area contributed by atoms with Crippen molar-refractivity contribution in [3.05, 3.63) is 35.5 Å². The summed E-state index contributed by atoms with van der Waals surface area (Å²) >= 11 is 0. The molecule has 132 valence electrons. The van der Waals surface area contributed by atoms with Crippen molar-refractivity contribution >= 4 is 23.3 Å². The Balaban J connectivity index is 1.67. The average molecular weight is 342 g/mol. The van der Waals surface area contributed by atoms with Crippen LogP contribution in [0.1, 0.15) is 37.6 Å². The molecule has 0 saturated carbocycles.